The predicted octanol–water partition coefficient (Wildman–Crippen LogP) is 2.46. The average Bonchev–Trinajstić information content (AvgIpc) is 3.13. The van der Waals surface area contributed by atoms with Gasteiger partial charge in [-0.1, -0.05) is 24.3 Å². The summed E-state index contributed by atoms with van der Waals surface area (Å²) in [6, 6.07) is 10.4. The molecule has 1 fully saturated rings. The van der Waals surface area contributed by atoms with Gasteiger partial charge in [-0.3, -0.25) is 9.59 Å². The summed E-state index contributed by atoms with van der Waals surface area (Å²) in [5.41, 5.74) is 3.62. The number of hydrogen-bond donors (Lipinski definition) is 0. The lowest BCUT2D eigenvalue weighted by Crippen LogP contribution is -2.26. The average molecular weight is 295 g/mol. The van der Waals surface area contributed by atoms with Crippen molar-refractivity contribution in [1.82, 2.24) is 0 Å². The van der Waals surface area contributed by atoms with Gasteiger partial charge in [-0.05, 0) is 35.4 Å². The Labute approximate surface area is 128 Å². The van der Waals surface area contributed by atoms with E-state index in [4.69, 9.17) is 4.74 Å². The predicted molar refractivity (Wildman–Crippen MR) is 83.8 cm³/mol. The second-order valence-corrected chi connectivity index (χ2v) is 6.01. The van der Waals surface area contributed by atoms with Crippen LogP contribution in [0.1, 0.15) is 17.5 Å². The summed E-state index contributed by atoms with van der Waals surface area (Å²) in [7, 11) is 1.37. The lowest BCUT2D eigenvalue weighted by atomic mass is 10.0. The standard InChI is InChI=1S/C18H17NO3/c1-22-18(21)13-9-16(20)19(10-13)15-8-7-12-6-5-11-3-2-4-14(15)17(11)12/h2-4,7-8,13H,5-6,9-10H2,1H3/t13-/m0/s1. The monoisotopic (exact) mass is 295 g/mol. The number of nitrogens with zero attached hydrogens (tertiary/aromatic N) is 1. The number of carbonyl (C=O) groups excluding carboxylic acids is 2. The highest BCUT2D eigenvalue weighted by atomic mass is 16.5. The highest BCUT2D eigenvalue weighted by Gasteiger charge is 2.36. The third-order valence-corrected chi connectivity index (χ3v) is 4.80. The molecule has 0 unspecified atom stereocenters. The fourth-order valence-electron chi connectivity index (χ4n) is 3.73. The van der Waals surface area contributed by atoms with E-state index >= 15 is 0 Å². The SMILES string of the molecule is COC(=O)[C@H]1CC(=O)N(c2ccc3c4c(cccc24)CC3)C1. The Kier molecular flexibility index (Phi) is 2.93. The molecule has 1 saturated heterocycles. The molecule has 2 aromatic rings. The van der Waals surface area contributed by atoms with Gasteiger partial charge in [0.1, 0.15) is 0 Å². The number of ether oxygens (including phenoxy) is 1. The van der Waals surface area contributed by atoms with Crippen molar-refractivity contribution in [1.29, 1.82) is 0 Å². The van der Waals surface area contributed by atoms with Crippen molar-refractivity contribution in [3.05, 3.63) is 41.5 Å². The Morgan fingerprint density at radius 3 is 2.73 bits per heavy atom. The van der Waals surface area contributed by atoms with Crippen molar-refractivity contribution in [3.8, 4) is 0 Å². The number of esters is 1. The molecule has 4 rings (SSSR count). The number of rotatable bonds is 2. The first-order valence-electron chi connectivity index (χ1n) is 7.60. The van der Waals surface area contributed by atoms with Gasteiger partial charge in [-0.2, -0.15) is 0 Å². The summed E-state index contributed by atoms with van der Waals surface area (Å²) in [5, 5.41) is 2.40. The molecule has 0 spiro atoms. The molecule has 112 valence electrons. The summed E-state index contributed by atoms with van der Waals surface area (Å²) < 4.78 is 4.78. The highest BCUT2D eigenvalue weighted by molar-refractivity contribution is 6.08. The van der Waals surface area contributed by atoms with Crippen LogP contribution in [0, 0.1) is 5.92 Å². The van der Waals surface area contributed by atoms with E-state index in [2.05, 4.69) is 24.3 Å². The number of anilines is 1. The van der Waals surface area contributed by atoms with Gasteiger partial charge in [0.05, 0.1) is 18.7 Å². The molecular formula is C18H17NO3. The first kappa shape index (κ1) is 13.3. The van der Waals surface area contributed by atoms with Crippen molar-refractivity contribution in [3.63, 3.8) is 0 Å². The van der Waals surface area contributed by atoms with Gasteiger partial charge in [-0.15, -0.1) is 0 Å². The number of benzene rings is 2. The maximum absolute atomic E-state index is 12.4. The molecule has 2 aliphatic rings. The molecule has 1 aliphatic heterocycles. The van der Waals surface area contributed by atoms with E-state index in [0.29, 0.717) is 6.54 Å². The number of aryl methyl sites for hydroxylation is 2. The molecule has 4 nitrogen and oxygen atoms in total. The number of carbonyl (C=O) groups is 2. The van der Waals surface area contributed by atoms with E-state index in [9.17, 15) is 9.59 Å². The van der Waals surface area contributed by atoms with E-state index < -0.39 is 0 Å². The van der Waals surface area contributed by atoms with Gasteiger partial charge in [0.15, 0.2) is 0 Å². The summed E-state index contributed by atoms with van der Waals surface area (Å²) in [5.74, 6) is -0.670. The number of methoxy groups -OCH3 is 1. The topological polar surface area (TPSA) is 46.6 Å². The molecule has 1 amide bonds. The van der Waals surface area contributed by atoms with Gasteiger partial charge in [-0.25, -0.2) is 0 Å². The molecule has 1 heterocycles. The first-order valence-corrected chi connectivity index (χ1v) is 7.60. The van der Waals surface area contributed by atoms with Crippen molar-refractivity contribution < 1.29 is 14.3 Å². The molecule has 0 radical (unpaired) electrons. The molecule has 0 aromatic heterocycles. The van der Waals surface area contributed by atoms with Crippen LogP contribution in [-0.2, 0) is 27.2 Å². The largest absolute Gasteiger partial charge is 0.469 e. The maximum Gasteiger partial charge on any atom is 0.311 e. The molecule has 2 aromatic carbocycles. The lowest BCUT2D eigenvalue weighted by molar-refractivity contribution is -0.145. The zero-order valence-electron chi connectivity index (χ0n) is 12.5. The van der Waals surface area contributed by atoms with E-state index in [1.54, 1.807) is 4.90 Å². The Morgan fingerprint density at radius 1 is 1.18 bits per heavy atom. The fourth-order valence-corrected chi connectivity index (χ4v) is 3.73. The fraction of sp³-hybridized carbons (Fsp3) is 0.333. The first-order chi connectivity index (χ1) is 10.7. The third-order valence-electron chi connectivity index (χ3n) is 4.80. The van der Waals surface area contributed by atoms with Crippen LogP contribution >= 0.6 is 0 Å². The lowest BCUT2D eigenvalue weighted by Gasteiger charge is -2.19. The Morgan fingerprint density at radius 2 is 1.95 bits per heavy atom. The second kappa shape index (κ2) is 4.83. The van der Waals surface area contributed by atoms with Crippen molar-refractivity contribution in [2.75, 3.05) is 18.6 Å². The minimum absolute atomic E-state index is 0.00546. The van der Waals surface area contributed by atoms with Crippen LogP contribution < -0.4 is 4.90 Å². The minimum atomic E-state index is -0.361. The summed E-state index contributed by atoms with van der Waals surface area (Å²) in [6.45, 7) is 0.407. The van der Waals surface area contributed by atoms with Gasteiger partial charge >= 0.3 is 5.97 Å². The van der Waals surface area contributed by atoms with Gasteiger partial charge in [0, 0.05) is 18.4 Å². The third kappa shape index (κ3) is 1.83. The Balaban J connectivity index is 1.80. The highest BCUT2D eigenvalue weighted by Crippen LogP contribution is 2.38. The maximum atomic E-state index is 12.4. The molecule has 22 heavy (non-hydrogen) atoms. The van der Waals surface area contributed by atoms with Crippen molar-refractivity contribution in [2.45, 2.75) is 19.3 Å². The molecule has 4 heteroatoms. The quantitative estimate of drug-likeness (QED) is 0.800. The summed E-state index contributed by atoms with van der Waals surface area (Å²) in [6.07, 6.45) is 2.36. The van der Waals surface area contributed by atoms with Crippen LogP contribution in [0.15, 0.2) is 30.3 Å². The van der Waals surface area contributed by atoms with Gasteiger partial charge in [0.25, 0.3) is 0 Å². The second-order valence-electron chi connectivity index (χ2n) is 6.01. The Hall–Kier alpha value is -2.36. The smallest absolute Gasteiger partial charge is 0.311 e. The zero-order chi connectivity index (χ0) is 15.3. The van der Waals surface area contributed by atoms with Crippen LogP contribution in [0.25, 0.3) is 10.8 Å². The Bertz CT molecular complexity index is 786. The van der Waals surface area contributed by atoms with Crippen molar-refractivity contribution >= 4 is 28.3 Å². The van der Waals surface area contributed by atoms with E-state index in [1.165, 1.54) is 23.6 Å². The van der Waals surface area contributed by atoms with Crippen LogP contribution in [0.4, 0.5) is 5.69 Å². The summed E-state index contributed by atoms with van der Waals surface area (Å²) in [4.78, 5) is 25.8. The normalized spacial score (nSPS) is 20.0. The molecule has 0 N–H and O–H groups in total. The minimum Gasteiger partial charge on any atom is -0.469 e. The zero-order valence-corrected chi connectivity index (χ0v) is 12.5. The molecule has 1 atom stereocenters. The van der Waals surface area contributed by atoms with Gasteiger partial charge < -0.3 is 9.64 Å². The van der Waals surface area contributed by atoms with Crippen molar-refractivity contribution in [2.24, 2.45) is 5.92 Å². The van der Waals surface area contributed by atoms with Crippen LogP contribution in [0.2, 0.25) is 0 Å². The van der Waals surface area contributed by atoms with Crippen LogP contribution in [0.5, 0.6) is 0 Å². The van der Waals surface area contributed by atoms with E-state index in [0.717, 1.165) is 23.9 Å². The number of amides is 1. The van der Waals surface area contributed by atoms with E-state index in [-0.39, 0.29) is 24.2 Å². The molecule has 1 aliphatic carbocycles. The summed E-state index contributed by atoms with van der Waals surface area (Å²) >= 11 is 0. The van der Waals surface area contributed by atoms with Crippen LogP contribution in [-0.4, -0.2) is 25.5 Å². The van der Waals surface area contributed by atoms with Crippen LogP contribution in [0.3, 0.4) is 0 Å². The molecule has 0 saturated carbocycles. The number of hydrogen-bond acceptors (Lipinski definition) is 3. The van der Waals surface area contributed by atoms with Gasteiger partial charge in [0.2, 0.25) is 5.91 Å². The molecule has 0 bridgehead atoms. The molecular weight excluding hydrogens is 278 g/mol. The van der Waals surface area contributed by atoms with E-state index in [1.807, 2.05) is 6.07 Å².